The highest BCUT2D eigenvalue weighted by Crippen LogP contribution is 2.51. The van der Waals surface area contributed by atoms with Crippen molar-refractivity contribution < 1.29 is 33.3 Å². The molecule has 0 unspecified atom stereocenters. The Bertz CT molecular complexity index is 1060. The number of ether oxygens (including phenoxy) is 5. The molecule has 2 fully saturated rings. The highest BCUT2D eigenvalue weighted by atomic mass is 16.6. The van der Waals surface area contributed by atoms with Crippen LogP contribution in [0.5, 0.6) is 17.2 Å². The van der Waals surface area contributed by atoms with Crippen LogP contribution in [-0.4, -0.2) is 37.9 Å². The molecule has 0 aromatic heterocycles. The predicted molar refractivity (Wildman–Crippen MR) is 115 cm³/mol. The number of benzene rings is 2. The summed E-state index contributed by atoms with van der Waals surface area (Å²) < 4.78 is 28.6. The van der Waals surface area contributed by atoms with E-state index < -0.39 is 5.60 Å². The molecule has 0 bridgehead atoms. The van der Waals surface area contributed by atoms with E-state index in [-0.39, 0.29) is 24.6 Å². The van der Waals surface area contributed by atoms with Crippen LogP contribution in [0.15, 0.2) is 30.3 Å². The Balaban J connectivity index is 1.56. The van der Waals surface area contributed by atoms with E-state index in [1.54, 1.807) is 19.2 Å². The lowest BCUT2D eigenvalue weighted by atomic mass is 9.95. The summed E-state index contributed by atoms with van der Waals surface area (Å²) in [5.74, 6) is 0.625. The first-order chi connectivity index (χ1) is 15.6. The van der Waals surface area contributed by atoms with Crippen LogP contribution in [0.25, 0.3) is 11.1 Å². The molecule has 2 aliphatic carbocycles. The topological polar surface area (TPSA) is 80.3 Å². The number of hydrogen-bond donors (Lipinski definition) is 0. The Hall–Kier alpha value is -3.22. The van der Waals surface area contributed by atoms with Gasteiger partial charge in [0.2, 0.25) is 11.4 Å². The summed E-state index contributed by atoms with van der Waals surface area (Å²) in [7, 11) is 3.09. The van der Waals surface area contributed by atoms with Crippen molar-refractivity contribution in [3.8, 4) is 28.4 Å². The highest BCUT2D eigenvalue weighted by molar-refractivity contribution is 5.97. The van der Waals surface area contributed by atoms with E-state index in [1.165, 1.54) is 7.11 Å². The second-order valence-corrected chi connectivity index (χ2v) is 8.49. The molecule has 2 aromatic carbocycles. The molecule has 0 saturated heterocycles. The van der Waals surface area contributed by atoms with Gasteiger partial charge in [0.1, 0.15) is 12.7 Å². The standard InChI is InChI=1S/C25H26O7/c1-28-20-11-10-17(16-8-5-9-18-19(16)14-30-23(18)26)21(22(20)29-2)32-25(12-13-25)24(27)31-15-6-3-4-7-15/h5,8-11,15H,3-4,6-7,12-14H2,1-2H3. The lowest BCUT2D eigenvalue weighted by Gasteiger charge is -2.24. The summed E-state index contributed by atoms with van der Waals surface area (Å²) in [5, 5.41) is 0. The lowest BCUT2D eigenvalue weighted by Crippen LogP contribution is -2.34. The third-order valence-corrected chi connectivity index (χ3v) is 6.48. The van der Waals surface area contributed by atoms with Crippen molar-refractivity contribution in [3.05, 3.63) is 41.5 Å². The van der Waals surface area contributed by atoms with Gasteiger partial charge in [-0.05, 0) is 49.4 Å². The van der Waals surface area contributed by atoms with E-state index in [0.717, 1.165) is 36.8 Å². The van der Waals surface area contributed by atoms with Gasteiger partial charge in [-0.15, -0.1) is 0 Å². The van der Waals surface area contributed by atoms with Crippen LogP contribution in [-0.2, 0) is 20.9 Å². The SMILES string of the molecule is COc1ccc(-c2cccc3c2COC3=O)c(OC2(C(=O)OC3CCCC3)CC2)c1OC. The zero-order valence-electron chi connectivity index (χ0n) is 18.3. The van der Waals surface area contributed by atoms with Gasteiger partial charge in [0, 0.05) is 24.0 Å². The normalized spacial score (nSPS) is 18.6. The Morgan fingerprint density at radius 1 is 0.969 bits per heavy atom. The summed E-state index contributed by atoms with van der Waals surface area (Å²) in [6.07, 6.45) is 5.09. The number of carbonyl (C=O) groups is 2. The van der Waals surface area contributed by atoms with E-state index in [1.807, 2.05) is 18.2 Å². The molecule has 0 spiro atoms. The highest BCUT2D eigenvalue weighted by Gasteiger charge is 2.56. The molecule has 0 N–H and O–H groups in total. The summed E-state index contributed by atoms with van der Waals surface area (Å²) in [6.45, 7) is 0.187. The molecule has 1 aliphatic heterocycles. The van der Waals surface area contributed by atoms with Gasteiger partial charge in [-0.3, -0.25) is 0 Å². The van der Waals surface area contributed by atoms with Crippen molar-refractivity contribution in [2.45, 2.75) is 56.8 Å². The van der Waals surface area contributed by atoms with Crippen LogP contribution in [0.4, 0.5) is 0 Å². The molecule has 2 saturated carbocycles. The maximum Gasteiger partial charge on any atom is 0.350 e. The van der Waals surface area contributed by atoms with Crippen LogP contribution >= 0.6 is 0 Å². The van der Waals surface area contributed by atoms with Crippen molar-refractivity contribution in [1.82, 2.24) is 0 Å². The van der Waals surface area contributed by atoms with Crippen LogP contribution in [0.3, 0.4) is 0 Å². The van der Waals surface area contributed by atoms with Crippen molar-refractivity contribution >= 4 is 11.9 Å². The zero-order valence-corrected chi connectivity index (χ0v) is 18.3. The summed E-state index contributed by atoms with van der Waals surface area (Å²) >= 11 is 0. The average molecular weight is 438 g/mol. The van der Waals surface area contributed by atoms with Gasteiger partial charge in [0.05, 0.1) is 19.8 Å². The third kappa shape index (κ3) is 3.45. The van der Waals surface area contributed by atoms with Gasteiger partial charge in [-0.2, -0.15) is 0 Å². The maximum atomic E-state index is 13.0. The molecule has 0 atom stereocenters. The van der Waals surface area contributed by atoms with Gasteiger partial charge < -0.3 is 23.7 Å². The number of hydrogen-bond acceptors (Lipinski definition) is 7. The van der Waals surface area contributed by atoms with Gasteiger partial charge in [-0.1, -0.05) is 12.1 Å². The molecule has 0 radical (unpaired) electrons. The Morgan fingerprint density at radius 2 is 1.72 bits per heavy atom. The molecular weight excluding hydrogens is 412 g/mol. The number of carbonyl (C=O) groups excluding carboxylic acids is 2. The number of methoxy groups -OCH3 is 2. The van der Waals surface area contributed by atoms with Crippen molar-refractivity contribution in [2.75, 3.05) is 14.2 Å². The number of rotatable bonds is 7. The minimum absolute atomic E-state index is 0.0317. The molecule has 168 valence electrons. The second kappa shape index (κ2) is 8.04. The second-order valence-electron chi connectivity index (χ2n) is 8.49. The number of cyclic esters (lactones) is 1. The van der Waals surface area contributed by atoms with Crippen molar-refractivity contribution in [3.63, 3.8) is 0 Å². The molecule has 3 aliphatic rings. The monoisotopic (exact) mass is 438 g/mol. The molecule has 7 heteroatoms. The quantitative estimate of drug-likeness (QED) is 0.591. The Labute approximate surface area is 186 Å². The summed E-state index contributed by atoms with van der Waals surface area (Å²) in [6, 6.07) is 9.10. The predicted octanol–water partition coefficient (Wildman–Crippen LogP) is 4.44. The first-order valence-electron chi connectivity index (χ1n) is 11.0. The van der Waals surface area contributed by atoms with Crippen LogP contribution in [0.1, 0.15) is 54.4 Å². The largest absolute Gasteiger partial charge is 0.493 e. The number of esters is 2. The average Bonchev–Trinajstić information content (AvgIpc) is 3.22. The lowest BCUT2D eigenvalue weighted by molar-refractivity contribution is -0.159. The third-order valence-electron chi connectivity index (χ3n) is 6.48. The first-order valence-corrected chi connectivity index (χ1v) is 11.0. The van der Waals surface area contributed by atoms with E-state index in [0.29, 0.717) is 41.2 Å². The van der Waals surface area contributed by atoms with E-state index in [2.05, 4.69) is 0 Å². The maximum absolute atomic E-state index is 13.0. The van der Waals surface area contributed by atoms with Crippen LogP contribution in [0, 0.1) is 0 Å². The molecule has 0 amide bonds. The van der Waals surface area contributed by atoms with Gasteiger partial charge in [0.25, 0.3) is 0 Å². The fourth-order valence-electron chi connectivity index (χ4n) is 4.54. The zero-order chi connectivity index (χ0) is 22.3. The van der Waals surface area contributed by atoms with Crippen molar-refractivity contribution in [2.24, 2.45) is 0 Å². The van der Waals surface area contributed by atoms with Crippen LogP contribution < -0.4 is 14.2 Å². The first kappa shape index (κ1) is 20.7. The van der Waals surface area contributed by atoms with E-state index in [9.17, 15) is 9.59 Å². The van der Waals surface area contributed by atoms with Gasteiger partial charge >= 0.3 is 11.9 Å². The molecule has 7 nitrogen and oxygen atoms in total. The molecule has 5 rings (SSSR count). The Morgan fingerprint density at radius 3 is 2.41 bits per heavy atom. The number of fused-ring (bicyclic) bond motifs is 1. The van der Waals surface area contributed by atoms with E-state index >= 15 is 0 Å². The fourth-order valence-corrected chi connectivity index (χ4v) is 4.54. The van der Waals surface area contributed by atoms with Gasteiger partial charge in [-0.25, -0.2) is 9.59 Å². The summed E-state index contributed by atoms with van der Waals surface area (Å²) in [5.41, 5.74) is 1.79. The summed E-state index contributed by atoms with van der Waals surface area (Å²) in [4.78, 5) is 25.1. The smallest absolute Gasteiger partial charge is 0.350 e. The van der Waals surface area contributed by atoms with Gasteiger partial charge in [0.15, 0.2) is 11.5 Å². The minimum atomic E-state index is -1.03. The van der Waals surface area contributed by atoms with Crippen molar-refractivity contribution in [1.29, 1.82) is 0 Å². The molecule has 1 heterocycles. The molecule has 32 heavy (non-hydrogen) atoms. The molecule has 2 aromatic rings. The van der Waals surface area contributed by atoms with E-state index in [4.69, 9.17) is 23.7 Å². The van der Waals surface area contributed by atoms with Crippen LogP contribution in [0.2, 0.25) is 0 Å². The minimum Gasteiger partial charge on any atom is -0.493 e. The molecular formula is C25H26O7. The Kier molecular flexibility index (Phi) is 5.19. The fraction of sp³-hybridized carbons (Fsp3) is 0.440.